The maximum Gasteiger partial charge on any atom is 0.340 e. The van der Waals surface area contributed by atoms with Gasteiger partial charge in [-0.25, -0.2) is 9.59 Å². The number of aryl methyl sites for hydroxylation is 1. The average Bonchev–Trinajstić information content (AvgIpc) is 4.30. The van der Waals surface area contributed by atoms with Crippen LogP contribution in [0.25, 0.3) is 17.0 Å². The molecule has 4 aliphatic carbocycles. The molecular weight excluding hydrogens is 1020 g/mol. The Kier molecular flexibility index (Phi) is 15.4. The summed E-state index contributed by atoms with van der Waals surface area (Å²) in [5.74, 6) is -1.81. The van der Waals surface area contributed by atoms with E-state index in [4.69, 9.17) is 23.4 Å². The fraction of sp³-hybridized carbons (Fsp3) is 0.414. The molecule has 4 heterocycles. The van der Waals surface area contributed by atoms with Crippen molar-refractivity contribution in [1.82, 2.24) is 0 Å². The third kappa shape index (κ3) is 10.0. The molecule has 0 radical (unpaired) electrons. The zero-order valence-corrected chi connectivity index (χ0v) is 46.7. The van der Waals surface area contributed by atoms with Crippen molar-refractivity contribution in [3.05, 3.63) is 211 Å². The van der Waals surface area contributed by atoms with Gasteiger partial charge in [-0.05, 0) is 145 Å². The van der Waals surface area contributed by atoms with Gasteiger partial charge in [-0.2, -0.15) is 0 Å². The number of carbonyl (C=O) groups is 2. The van der Waals surface area contributed by atoms with Crippen LogP contribution in [0.1, 0.15) is 163 Å². The first-order valence-corrected chi connectivity index (χ1v) is 29.4. The molecular formula is C70H74O11. The van der Waals surface area contributed by atoms with Gasteiger partial charge in [0.15, 0.2) is 12.2 Å². The predicted octanol–water partition coefficient (Wildman–Crippen LogP) is 12.5. The zero-order valence-electron chi connectivity index (χ0n) is 46.7. The Hall–Kier alpha value is -6.89. The molecule has 3 N–H and O–H groups in total. The van der Waals surface area contributed by atoms with Crippen LogP contribution in [0, 0.1) is 17.8 Å². The van der Waals surface area contributed by atoms with E-state index < -0.39 is 47.9 Å². The van der Waals surface area contributed by atoms with E-state index in [0.29, 0.717) is 48.0 Å². The Balaban J connectivity index is 0.997. The van der Waals surface area contributed by atoms with Gasteiger partial charge in [0.05, 0.1) is 25.4 Å². The van der Waals surface area contributed by atoms with Crippen molar-refractivity contribution < 1.29 is 48.3 Å². The monoisotopic (exact) mass is 1090 g/mol. The number of rotatable bonds is 11. The molecule has 7 aliphatic rings. The average molecular weight is 1090 g/mol. The molecule has 2 fully saturated rings. The molecule has 11 heteroatoms. The molecule has 0 amide bonds. The minimum Gasteiger partial charge on any atom is -0.483 e. The Morgan fingerprint density at radius 1 is 0.790 bits per heavy atom. The summed E-state index contributed by atoms with van der Waals surface area (Å²) < 4.78 is 33.3. The fourth-order valence-electron chi connectivity index (χ4n) is 15.4. The van der Waals surface area contributed by atoms with E-state index >= 15 is 9.59 Å². The van der Waals surface area contributed by atoms with E-state index in [1.54, 1.807) is 19.1 Å². The normalized spacial score (nSPS) is 27.7. The van der Waals surface area contributed by atoms with E-state index in [-0.39, 0.29) is 102 Å². The number of esters is 2. The topological polar surface area (TPSA) is 162 Å². The molecule has 10 atom stereocenters. The second-order valence-corrected chi connectivity index (χ2v) is 24.1. The summed E-state index contributed by atoms with van der Waals surface area (Å²) in [6.45, 7) is 2.60. The third-order valence-corrected chi connectivity index (χ3v) is 19.6. The number of aliphatic hydroxyl groups is 3. The van der Waals surface area contributed by atoms with Crippen molar-refractivity contribution in [3.8, 4) is 5.75 Å². The fourth-order valence-corrected chi connectivity index (χ4v) is 15.4. The highest BCUT2D eigenvalue weighted by molar-refractivity contribution is 5.90. The smallest absolute Gasteiger partial charge is 0.340 e. The predicted molar refractivity (Wildman–Crippen MR) is 311 cm³/mol. The Bertz CT molecular complexity index is 3470. The molecule has 13 rings (SSSR count). The van der Waals surface area contributed by atoms with Crippen LogP contribution in [0.2, 0.25) is 0 Å². The Morgan fingerprint density at radius 2 is 1.57 bits per heavy atom. The van der Waals surface area contributed by atoms with E-state index in [1.165, 1.54) is 42.2 Å². The number of aliphatic hydroxyl groups excluding tert-OH is 3. The molecule has 420 valence electrons. The molecule has 1 aromatic heterocycles. The van der Waals surface area contributed by atoms with E-state index in [1.807, 2.05) is 13.0 Å². The maximum absolute atomic E-state index is 15.7. The first-order valence-electron chi connectivity index (χ1n) is 29.4. The van der Waals surface area contributed by atoms with E-state index in [9.17, 15) is 20.1 Å². The van der Waals surface area contributed by atoms with Gasteiger partial charge >= 0.3 is 17.6 Å². The van der Waals surface area contributed by atoms with Crippen molar-refractivity contribution in [2.75, 3.05) is 26.9 Å². The molecule has 10 unspecified atom stereocenters. The number of hydrogen-bond acceptors (Lipinski definition) is 11. The van der Waals surface area contributed by atoms with Crippen molar-refractivity contribution in [1.29, 1.82) is 0 Å². The van der Waals surface area contributed by atoms with Gasteiger partial charge < -0.3 is 38.7 Å². The highest BCUT2D eigenvalue weighted by Crippen LogP contribution is 2.58. The van der Waals surface area contributed by atoms with Crippen LogP contribution in [0.3, 0.4) is 0 Å². The number of ether oxygens (including phenoxy) is 4. The molecule has 81 heavy (non-hydrogen) atoms. The lowest BCUT2D eigenvalue weighted by Crippen LogP contribution is -2.58. The molecule has 11 nitrogen and oxygen atoms in total. The zero-order chi connectivity index (χ0) is 56.0. The maximum atomic E-state index is 15.7. The lowest BCUT2D eigenvalue weighted by atomic mass is 9.70. The van der Waals surface area contributed by atoms with Crippen LogP contribution in [-0.4, -0.2) is 65.9 Å². The Labute approximate surface area is 474 Å². The molecule has 5 aromatic carbocycles. The number of fused-ring (bicyclic) bond motifs is 14. The van der Waals surface area contributed by atoms with Gasteiger partial charge in [0.25, 0.3) is 0 Å². The minimum absolute atomic E-state index is 0.000958. The summed E-state index contributed by atoms with van der Waals surface area (Å²) in [7, 11) is 1.51. The molecule has 2 bridgehead atoms. The lowest BCUT2D eigenvalue weighted by molar-refractivity contribution is -0.199. The second-order valence-electron chi connectivity index (χ2n) is 24.1. The van der Waals surface area contributed by atoms with Crippen LogP contribution in [0.5, 0.6) is 5.75 Å². The summed E-state index contributed by atoms with van der Waals surface area (Å²) in [6, 6.07) is 40.4. The van der Waals surface area contributed by atoms with Crippen LogP contribution in [0.15, 0.2) is 154 Å². The summed E-state index contributed by atoms with van der Waals surface area (Å²) in [4.78, 5) is 45.6. The molecule has 3 aliphatic heterocycles. The largest absolute Gasteiger partial charge is 0.483 e. The first-order chi connectivity index (χ1) is 39.4. The van der Waals surface area contributed by atoms with Crippen molar-refractivity contribution in [2.24, 2.45) is 17.8 Å². The van der Waals surface area contributed by atoms with Crippen molar-refractivity contribution in [3.63, 3.8) is 0 Å². The van der Waals surface area contributed by atoms with Crippen LogP contribution in [-0.2, 0) is 42.2 Å². The highest BCUT2D eigenvalue weighted by Gasteiger charge is 2.59. The highest BCUT2D eigenvalue weighted by atomic mass is 16.6. The molecule has 6 aromatic rings. The Morgan fingerprint density at radius 3 is 2.33 bits per heavy atom. The van der Waals surface area contributed by atoms with Gasteiger partial charge in [-0.1, -0.05) is 140 Å². The van der Waals surface area contributed by atoms with Gasteiger partial charge in [-0.15, -0.1) is 0 Å². The molecule has 0 spiro atoms. The molecule has 0 saturated heterocycles. The standard InChI is InChI=1S/C70H74O11/c1-42(39-72)54-26-20-43-18-21-45(22-19-43)55-27-25-47(46-13-11-16-52(35-46)70(31-9-10-32-70)51-14-5-4-6-15-51)34-50(55)37-61(74)78-65-63-60(29-28-57-59(40-73)62(68(76)79-64(57)63)49(30-33-71)41-77-3)81-69(2,66(65)80-67(54)75)53-36-48-24-23-44-12-7-8-17-56(44)58(48)38-53/h4-8,11-19,21-25,27-29,35,47-50,53,55,58,65-66,71-73H,9-10,20,26,30-34,36-41H2,1-3H3. The van der Waals surface area contributed by atoms with Gasteiger partial charge in [0, 0.05) is 65.7 Å². The van der Waals surface area contributed by atoms with E-state index in [2.05, 4.69) is 121 Å². The van der Waals surface area contributed by atoms with Crippen molar-refractivity contribution >= 4 is 29.0 Å². The second kappa shape index (κ2) is 22.8. The number of allylic oxidation sites excluding steroid dienone is 3. The summed E-state index contributed by atoms with van der Waals surface area (Å²) >= 11 is 0. The lowest BCUT2D eigenvalue weighted by Gasteiger charge is -2.48. The first kappa shape index (κ1) is 54.7. The number of carbonyl (C=O) groups excluding carboxylic acids is 2. The van der Waals surface area contributed by atoms with Crippen LogP contribution >= 0.6 is 0 Å². The summed E-state index contributed by atoms with van der Waals surface area (Å²) in [6.07, 6.45) is 13.8. The molecule has 2 saturated carbocycles. The van der Waals surface area contributed by atoms with Crippen molar-refractivity contribution in [2.45, 2.75) is 138 Å². The van der Waals surface area contributed by atoms with Gasteiger partial charge in [0.2, 0.25) is 0 Å². The van der Waals surface area contributed by atoms with Crippen LogP contribution in [0.4, 0.5) is 0 Å². The van der Waals surface area contributed by atoms with Gasteiger partial charge in [-0.3, -0.25) is 4.79 Å². The minimum atomic E-state index is -1.37. The van der Waals surface area contributed by atoms with Gasteiger partial charge in [0.1, 0.15) is 16.9 Å². The quantitative estimate of drug-likeness (QED) is 0.0490. The number of hydrogen-bond donors (Lipinski definition) is 3. The SMILES string of the molecule is COCC(CCO)c1c(CO)c2ccc3c(c2oc1=O)C1OC(=O)CC2CC(c4cccc(C5(c6ccccc6)CCCC5)c4)C=CC2c2ccc(cc2)CCC(=C(C)CO)C(=O)OC1C(C)(C1CC2C=Cc4ccccc4C2C1)O3. The summed E-state index contributed by atoms with van der Waals surface area (Å²) in [5, 5.41) is 32.4. The third-order valence-electron chi connectivity index (χ3n) is 19.6. The van der Waals surface area contributed by atoms with Crippen LogP contribution < -0.4 is 10.4 Å². The summed E-state index contributed by atoms with van der Waals surface area (Å²) in [5.41, 5.74) is 7.69. The number of benzene rings is 5. The number of methoxy groups -OCH3 is 1. The van der Waals surface area contributed by atoms with E-state index in [0.717, 1.165) is 29.5 Å².